The van der Waals surface area contributed by atoms with Gasteiger partial charge in [-0.2, -0.15) is 0 Å². The molecule has 0 unspecified atom stereocenters. The molecule has 0 saturated heterocycles. The minimum atomic E-state index is -0.330. The maximum Gasteiger partial charge on any atom is 0.191 e. The van der Waals surface area contributed by atoms with Gasteiger partial charge in [0.2, 0.25) is 0 Å². The van der Waals surface area contributed by atoms with Gasteiger partial charge in [0.05, 0.1) is 0 Å². The van der Waals surface area contributed by atoms with Crippen LogP contribution in [0.1, 0.15) is 19.4 Å². The molecule has 0 aliphatic carbocycles. The van der Waals surface area contributed by atoms with E-state index in [0.29, 0.717) is 12.1 Å². The van der Waals surface area contributed by atoms with Gasteiger partial charge >= 0.3 is 0 Å². The van der Waals surface area contributed by atoms with Crippen molar-refractivity contribution in [3.05, 3.63) is 60.2 Å². The number of hydrogen-bond donors (Lipinski definition) is 2. The highest BCUT2D eigenvalue weighted by atomic mass is 19.1. The molecule has 0 aliphatic heterocycles. The molecule has 0 atom stereocenters. The number of hydrogen-bond acceptors (Lipinski definition) is 1. The Labute approximate surface area is 137 Å². The van der Waals surface area contributed by atoms with Crippen LogP contribution in [0.25, 0.3) is 0 Å². The largest absolute Gasteiger partial charge is 0.356 e. The van der Waals surface area contributed by atoms with Gasteiger partial charge in [0, 0.05) is 44.5 Å². The molecule has 23 heavy (non-hydrogen) atoms. The van der Waals surface area contributed by atoms with E-state index in [9.17, 15) is 4.39 Å². The highest BCUT2D eigenvalue weighted by Gasteiger charge is 2.24. The number of halogens is 1. The van der Waals surface area contributed by atoms with E-state index in [1.54, 1.807) is 13.1 Å². The Balaban J connectivity index is 1.86. The number of guanidine groups is 1. The van der Waals surface area contributed by atoms with E-state index in [0.717, 1.165) is 19.0 Å². The molecule has 0 amide bonds. The normalized spacial score (nSPS) is 12.3. The van der Waals surface area contributed by atoms with Gasteiger partial charge in [-0.1, -0.05) is 32.0 Å². The Morgan fingerprint density at radius 3 is 2.48 bits per heavy atom. The van der Waals surface area contributed by atoms with Gasteiger partial charge in [-0.3, -0.25) is 4.99 Å². The zero-order valence-corrected chi connectivity index (χ0v) is 14.0. The number of nitrogens with zero attached hydrogens (tertiary/aromatic N) is 2. The predicted octanol–water partition coefficient (Wildman–Crippen LogP) is 2.77. The van der Waals surface area contributed by atoms with Gasteiger partial charge in [0.1, 0.15) is 5.82 Å². The maximum atomic E-state index is 14.0. The van der Waals surface area contributed by atoms with Crippen molar-refractivity contribution in [1.29, 1.82) is 0 Å². The Bertz CT molecular complexity index is 632. The van der Waals surface area contributed by atoms with Crippen molar-refractivity contribution >= 4 is 5.96 Å². The number of aliphatic imine (C=N–C) groups is 1. The van der Waals surface area contributed by atoms with Crippen molar-refractivity contribution in [1.82, 2.24) is 15.2 Å². The van der Waals surface area contributed by atoms with Crippen LogP contribution in [0.5, 0.6) is 0 Å². The summed E-state index contributed by atoms with van der Waals surface area (Å²) in [7, 11) is 1.74. The van der Waals surface area contributed by atoms with E-state index in [-0.39, 0.29) is 11.2 Å². The third-order valence-electron chi connectivity index (χ3n) is 3.85. The second kappa shape index (κ2) is 7.81. The summed E-state index contributed by atoms with van der Waals surface area (Å²) in [5.74, 6) is 0.552. The van der Waals surface area contributed by atoms with E-state index in [4.69, 9.17) is 0 Å². The van der Waals surface area contributed by atoms with Crippen molar-refractivity contribution in [2.45, 2.75) is 25.8 Å². The van der Waals surface area contributed by atoms with Gasteiger partial charge in [-0.25, -0.2) is 4.39 Å². The molecular weight excluding hydrogens is 291 g/mol. The molecular formula is C18H25FN4. The predicted molar refractivity (Wildman–Crippen MR) is 93.2 cm³/mol. The standard InChI is InChI=1S/C18H25FN4/c1-18(2,15-8-4-5-9-16(15)19)14-22-17(20-3)21-10-13-23-11-6-7-12-23/h4-9,11-12H,10,13-14H2,1-3H3,(H2,20,21,22). The van der Waals surface area contributed by atoms with E-state index >= 15 is 0 Å². The lowest BCUT2D eigenvalue weighted by Crippen LogP contribution is -2.44. The topological polar surface area (TPSA) is 41.4 Å². The summed E-state index contributed by atoms with van der Waals surface area (Å²) in [5.41, 5.74) is 0.374. The van der Waals surface area contributed by atoms with Crippen LogP contribution in [0.4, 0.5) is 4.39 Å². The highest BCUT2D eigenvalue weighted by molar-refractivity contribution is 5.79. The van der Waals surface area contributed by atoms with Gasteiger partial charge in [-0.15, -0.1) is 0 Å². The van der Waals surface area contributed by atoms with Crippen molar-refractivity contribution in [3.63, 3.8) is 0 Å². The molecule has 124 valence electrons. The van der Waals surface area contributed by atoms with Gasteiger partial charge in [-0.05, 0) is 23.8 Å². The molecule has 0 bridgehead atoms. The fourth-order valence-electron chi connectivity index (χ4n) is 2.45. The van der Waals surface area contributed by atoms with E-state index in [2.05, 4.69) is 20.2 Å². The molecule has 0 spiro atoms. The van der Waals surface area contributed by atoms with Crippen LogP contribution in [0.15, 0.2) is 53.8 Å². The average Bonchev–Trinajstić information content (AvgIpc) is 3.04. The van der Waals surface area contributed by atoms with E-state index in [1.807, 2.05) is 50.5 Å². The quantitative estimate of drug-likeness (QED) is 0.635. The maximum absolute atomic E-state index is 14.0. The zero-order valence-electron chi connectivity index (χ0n) is 14.0. The number of aromatic nitrogens is 1. The first kappa shape index (κ1) is 17.1. The number of nitrogens with one attached hydrogen (secondary N) is 2. The summed E-state index contributed by atoms with van der Waals surface area (Å²) in [4.78, 5) is 4.22. The van der Waals surface area contributed by atoms with Crippen LogP contribution in [0, 0.1) is 5.82 Å². The summed E-state index contributed by atoms with van der Waals surface area (Å²) in [6.07, 6.45) is 4.05. The monoisotopic (exact) mass is 316 g/mol. The number of rotatable bonds is 6. The van der Waals surface area contributed by atoms with Gasteiger partial charge in [0.15, 0.2) is 5.96 Å². The fraction of sp³-hybridized carbons (Fsp3) is 0.389. The van der Waals surface area contributed by atoms with Crippen LogP contribution < -0.4 is 10.6 Å². The lowest BCUT2D eigenvalue weighted by atomic mass is 9.84. The smallest absolute Gasteiger partial charge is 0.191 e. The summed E-state index contributed by atoms with van der Waals surface area (Å²) in [6, 6.07) is 10.9. The van der Waals surface area contributed by atoms with Crippen molar-refractivity contribution in [2.24, 2.45) is 4.99 Å². The van der Waals surface area contributed by atoms with Crippen molar-refractivity contribution < 1.29 is 4.39 Å². The molecule has 2 aromatic rings. The van der Waals surface area contributed by atoms with Gasteiger partial charge in [0.25, 0.3) is 0 Å². The minimum absolute atomic E-state index is 0.171. The molecule has 0 radical (unpaired) electrons. The SMILES string of the molecule is CN=C(NCCn1cccc1)NCC(C)(C)c1ccccc1F. The summed E-state index contributed by atoms with van der Waals surface area (Å²) < 4.78 is 16.1. The van der Waals surface area contributed by atoms with Crippen LogP contribution in [0.2, 0.25) is 0 Å². The summed E-state index contributed by atoms with van der Waals surface area (Å²) in [6.45, 7) is 6.27. The first-order chi connectivity index (χ1) is 11.0. The molecule has 0 fully saturated rings. The third-order valence-corrected chi connectivity index (χ3v) is 3.85. The van der Waals surface area contributed by atoms with Crippen LogP contribution >= 0.6 is 0 Å². The minimum Gasteiger partial charge on any atom is -0.356 e. The van der Waals surface area contributed by atoms with Crippen LogP contribution in [-0.4, -0.2) is 30.7 Å². The first-order valence-electron chi connectivity index (χ1n) is 7.83. The van der Waals surface area contributed by atoms with Crippen molar-refractivity contribution in [2.75, 3.05) is 20.1 Å². The molecule has 5 heteroatoms. The molecule has 1 aromatic carbocycles. The average molecular weight is 316 g/mol. The van der Waals surface area contributed by atoms with Crippen molar-refractivity contribution in [3.8, 4) is 0 Å². The van der Waals surface area contributed by atoms with E-state index < -0.39 is 0 Å². The molecule has 4 nitrogen and oxygen atoms in total. The second-order valence-electron chi connectivity index (χ2n) is 6.14. The van der Waals surface area contributed by atoms with Crippen LogP contribution in [0.3, 0.4) is 0 Å². The molecule has 0 saturated carbocycles. The molecule has 2 N–H and O–H groups in total. The Morgan fingerprint density at radius 1 is 1.13 bits per heavy atom. The summed E-state index contributed by atoms with van der Waals surface area (Å²) in [5, 5.41) is 6.55. The molecule has 0 aliphatic rings. The molecule has 2 rings (SSSR count). The Hall–Kier alpha value is -2.30. The molecule has 1 aromatic heterocycles. The van der Waals surface area contributed by atoms with Crippen LogP contribution in [-0.2, 0) is 12.0 Å². The Kier molecular flexibility index (Phi) is 5.79. The lowest BCUT2D eigenvalue weighted by molar-refractivity contribution is 0.472. The number of benzene rings is 1. The van der Waals surface area contributed by atoms with E-state index in [1.165, 1.54) is 6.07 Å². The van der Waals surface area contributed by atoms with Gasteiger partial charge < -0.3 is 15.2 Å². The third kappa shape index (κ3) is 4.84. The second-order valence-corrected chi connectivity index (χ2v) is 6.14. The Morgan fingerprint density at radius 2 is 1.83 bits per heavy atom. The highest BCUT2D eigenvalue weighted by Crippen LogP contribution is 2.24. The molecule has 1 heterocycles. The lowest BCUT2D eigenvalue weighted by Gasteiger charge is -2.27. The zero-order chi connectivity index (χ0) is 16.7. The fourth-order valence-corrected chi connectivity index (χ4v) is 2.45. The summed E-state index contributed by atoms with van der Waals surface area (Å²) >= 11 is 0. The first-order valence-corrected chi connectivity index (χ1v) is 7.83.